The van der Waals surface area contributed by atoms with Crippen LogP contribution < -0.4 is 0 Å². The number of rotatable bonds is 13. The van der Waals surface area contributed by atoms with Gasteiger partial charge in [0.15, 0.2) is 0 Å². The molecule has 0 aromatic heterocycles. The number of carbonyl (C=O) groups excluding carboxylic acids is 2. The lowest BCUT2D eigenvalue weighted by atomic mass is 9.88. The number of hydrogen-bond donors (Lipinski definition) is 2. The largest absolute Gasteiger partial charge is 0.465 e. The van der Waals surface area contributed by atoms with Gasteiger partial charge in [-0.25, -0.2) is 4.79 Å². The molecule has 0 aliphatic heterocycles. The van der Waals surface area contributed by atoms with Crippen LogP contribution in [-0.4, -0.2) is 34.9 Å². The van der Waals surface area contributed by atoms with Crippen molar-refractivity contribution in [3.05, 3.63) is 24.8 Å². The molecule has 1 aliphatic carbocycles. The minimum Gasteiger partial charge on any atom is -0.465 e. The average molecular weight is 381 g/mol. The third kappa shape index (κ3) is 7.97. The van der Waals surface area contributed by atoms with Crippen molar-refractivity contribution in [1.29, 1.82) is 0 Å². The molecule has 1 fully saturated rings. The summed E-state index contributed by atoms with van der Waals surface area (Å²) in [6.45, 7) is 6.07. The van der Waals surface area contributed by atoms with E-state index in [1.54, 1.807) is 0 Å². The maximum absolute atomic E-state index is 12.2. The molecule has 3 atom stereocenters. The molecule has 0 amide bonds. The number of allylic oxidation sites excluding steroid dienone is 3. The molecule has 27 heavy (non-hydrogen) atoms. The minimum absolute atomic E-state index is 0.0536. The van der Waals surface area contributed by atoms with Crippen LogP contribution in [0.25, 0.3) is 0 Å². The highest BCUT2D eigenvalue weighted by Gasteiger charge is 2.34. The molecule has 1 aliphatic rings. The van der Waals surface area contributed by atoms with Gasteiger partial charge in [0, 0.05) is 18.8 Å². The number of ether oxygens (including phenoxy) is 1. The molecule has 0 unspecified atom stereocenters. The molecular formula is C22H36O5. The van der Waals surface area contributed by atoms with E-state index in [1.807, 2.05) is 6.08 Å². The van der Waals surface area contributed by atoms with Gasteiger partial charge in [-0.2, -0.15) is 0 Å². The summed E-state index contributed by atoms with van der Waals surface area (Å²) in [4.78, 5) is 23.4. The van der Waals surface area contributed by atoms with Crippen LogP contribution in [0.2, 0.25) is 0 Å². The fraction of sp³-hybridized carbons (Fsp3) is 0.727. The highest BCUT2D eigenvalue weighted by atomic mass is 16.6. The van der Waals surface area contributed by atoms with E-state index in [2.05, 4.69) is 30.4 Å². The number of hydrogen-bond acceptors (Lipinski definition) is 5. The van der Waals surface area contributed by atoms with Gasteiger partial charge < -0.3 is 14.9 Å². The van der Waals surface area contributed by atoms with Gasteiger partial charge in [-0.1, -0.05) is 44.4 Å². The molecule has 0 aromatic carbocycles. The van der Waals surface area contributed by atoms with Gasteiger partial charge in [-0.3, -0.25) is 4.79 Å². The molecule has 5 nitrogen and oxygen atoms in total. The van der Waals surface area contributed by atoms with Crippen LogP contribution in [0.1, 0.15) is 71.1 Å². The molecule has 0 heterocycles. The first-order valence-corrected chi connectivity index (χ1v) is 10.2. The van der Waals surface area contributed by atoms with Gasteiger partial charge in [-0.15, -0.1) is 6.58 Å². The lowest BCUT2D eigenvalue weighted by molar-refractivity contribution is -0.209. The van der Waals surface area contributed by atoms with Gasteiger partial charge in [0.1, 0.15) is 5.78 Å². The summed E-state index contributed by atoms with van der Waals surface area (Å²) in [7, 11) is 1.13. The Balaban J connectivity index is 2.38. The third-order valence-corrected chi connectivity index (χ3v) is 5.52. The van der Waals surface area contributed by atoms with Crippen molar-refractivity contribution in [3.63, 3.8) is 0 Å². The van der Waals surface area contributed by atoms with Gasteiger partial charge in [0.05, 0.1) is 7.11 Å². The molecule has 0 spiro atoms. The number of Topliss-reactive ketones (excluding diaryl/α,β-unsaturated/α-hetero) is 1. The van der Waals surface area contributed by atoms with Crippen LogP contribution in [0, 0.1) is 17.8 Å². The van der Waals surface area contributed by atoms with Crippen molar-refractivity contribution in [1.82, 2.24) is 0 Å². The fourth-order valence-corrected chi connectivity index (χ4v) is 3.85. The molecule has 1 rings (SSSR count). The Bertz CT molecular complexity index is 509. The summed E-state index contributed by atoms with van der Waals surface area (Å²) in [5.41, 5.74) is 0. The normalized spacial score (nSPS) is 21.6. The van der Waals surface area contributed by atoms with E-state index in [0.717, 1.165) is 52.1 Å². The second-order valence-electron chi connectivity index (χ2n) is 7.63. The molecular weight excluding hydrogens is 344 g/mol. The molecule has 154 valence electrons. The van der Waals surface area contributed by atoms with Crippen LogP contribution in [-0.2, 0) is 14.3 Å². The van der Waals surface area contributed by atoms with E-state index >= 15 is 0 Å². The SMILES string of the molecule is C=C[C@@H](CC=C[C@H]1CCC(=O)[C@@H]1CCCCCC(O)(O)C(=O)OC)CCC. The van der Waals surface area contributed by atoms with Crippen LogP contribution >= 0.6 is 0 Å². The zero-order valence-electron chi connectivity index (χ0n) is 16.9. The summed E-state index contributed by atoms with van der Waals surface area (Å²) in [6.07, 6.45) is 14.1. The molecule has 1 saturated carbocycles. The molecule has 0 radical (unpaired) electrons. The highest BCUT2D eigenvalue weighted by molar-refractivity contribution is 5.83. The molecule has 0 bridgehead atoms. The van der Waals surface area contributed by atoms with Gasteiger partial charge in [0.2, 0.25) is 0 Å². The lowest BCUT2D eigenvalue weighted by Crippen LogP contribution is -2.39. The molecule has 0 saturated heterocycles. The Morgan fingerprint density at radius 1 is 1.37 bits per heavy atom. The van der Waals surface area contributed by atoms with Gasteiger partial charge in [-0.05, 0) is 43.9 Å². The van der Waals surface area contributed by atoms with Gasteiger partial charge >= 0.3 is 5.97 Å². The van der Waals surface area contributed by atoms with Gasteiger partial charge in [0.25, 0.3) is 5.79 Å². The number of ketones is 1. The maximum Gasteiger partial charge on any atom is 0.366 e. The third-order valence-electron chi connectivity index (χ3n) is 5.52. The van der Waals surface area contributed by atoms with E-state index < -0.39 is 11.8 Å². The predicted molar refractivity (Wildman–Crippen MR) is 106 cm³/mol. The van der Waals surface area contributed by atoms with E-state index in [-0.39, 0.29) is 12.3 Å². The number of aliphatic hydroxyl groups is 2. The number of carbonyl (C=O) groups is 2. The number of esters is 1. The van der Waals surface area contributed by atoms with Crippen molar-refractivity contribution >= 4 is 11.8 Å². The second kappa shape index (κ2) is 12.1. The summed E-state index contributed by atoms with van der Waals surface area (Å²) >= 11 is 0. The summed E-state index contributed by atoms with van der Waals surface area (Å²) in [5.74, 6) is -2.21. The average Bonchev–Trinajstić information content (AvgIpc) is 2.99. The first kappa shape index (κ1) is 23.6. The van der Waals surface area contributed by atoms with Crippen LogP contribution in [0.15, 0.2) is 24.8 Å². The Labute approximate surface area is 163 Å². The Morgan fingerprint density at radius 2 is 2.11 bits per heavy atom. The zero-order chi connectivity index (χ0) is 20.3. The minimum atomic E-state index is -2.41. The Hall–Kier alpha value is -1.46. The van der Waals surface area contributed by atoms with Crippen molar-refractivity contribution in [2.24, 2.45) is 17.8 Å². The standard InChI is InChI=1S/C22H36O5/c1-4-10-17(5-2)11-9-12-18-14-15-20(23)19(18)13-7-6-8-16-22(25,26)21(24)27-3/h5,9,12,17-19,25-26H,2,4,6-8,10-11,13-16H2,1,3H3/t17-,18+,19-/m1/s1. The Morgan fingerprint density at radius 3 is 2.74 bits per heavy atom. The molecule has 0 aromatic rings. The van der Waals surface area contributed by atoms with E-state index in [1.165, 1.54) is 0 Å². The summed E-state index contributed by atoms with van der Waals surface area (Å²) in [6, 6.07) is 0. The quantitative estimate of drug-likeness (QED) is 0.219. The van der Waals surface area contributed by atoms with Crippen molar-refractivity contribution in [2.45, 2.75) is 76.9 Å². The Kier molecular flexibility index (Phi) is 10.6. The fourth-order valence-electron chi connectivity index (χ4n) is 3.85. The maximum atomic E-state index is 12.2. The highest BCUT2D eigenvalue weighted by Crippen LogP contribution is 2.34. The van der Waals surface area contributed by atoms with E-state index in [4.69, 9.17) is 0 Å². The van der Waals surface area contributed by atoms with Crippen LogP contribution in [0.5, 0.6) is 0 Å². The van der Waals surface area contributed by atoms with Crippen molar-refractivity contribution in [3.8, 4) is 0 Å². The molecule has 5 heteroatoms. The smallest absolute Gasteiger partial charge is 0.366 e. The number of unbranched alkanes of at least 4 members (excludes halogenated alkanes) is 2. The monoisotopic (exact) mass is 380 g/mol. The van der Waals surface area contributed by atoms with E-state index in [9.17, 15) is 19.8 Å². The van der Waals surface area contributed by atoms with Crippen molar-refractivity contribution in [2.75, 3.05) is 7.11 Å². The van der Waals surface area contributed by atoms with Crippen LogP contribution in [0.4, 0.5) is 0 Å². The topological polar surface area (TPSA) is 83.8 Å². The molecule has 2 N–H and O–H groups in total. The van der Waals surface area contributed by atoms with Crippen LogP contribution in [0.3, 0.4) is 0 Å². The summed E-state index contributed by atoms with van der Waals surface area (Å²) < 4.78 is 4.36. The predicted octanol–water partition coefficient (Wildman–Crippen LogP) is 3.93. The lowest BCUT2D eigenvalue weighted by Gasteiger charge is -2.19. The van der Waals surface area contributed by atoms with Crippen molar-refractivity contribution < 1.29 is 24.5 Å². The summed E-state index contributed by atoms with van der Waals surface area (Å²) in [5, 5.41) is 19.2. The first-order chi connectivity index (χ1) is 12.9. The van der Waals surface area contributed by atoms with E-state index in [0.29, 0.717) is 30.5 Å². The number of methoxy groups -OCH3 is 1. The first-order valence-electron chi connectivity index (χ1n) is 10.2. The zero-order valence-corrected chi connectivity index (χ0v) is 16.9. The second-order valence-corrected chi connectivity index (χ2v) is 7.63.